The van der Waals surface area contributed by atoms with E-state index in [1.165, 1.54) is 12.1 Å². The first-order chi connectivity index (χ1) is 14.9. The number of para-hydroxylation sites is 1. The summed E-state index contributed by atoms with van der Waals surface area (Å²) in [5, 5.41) is 2.88. The van der Waals surface area contributed by atoms with E-state index in [1.54, 1.807) is 23.3 Å². The van der Waals surface area contributed by atoms with Crippen LogP contribution in [0.4, 0.5) is 11.4 Å². The van der Waals surface area contributed by atoms with Crippen molar-refractivity contribution >= 4 is 58.0 Å². The molecule has 2 aliphatic rings. The van der Waals surface area contributed by atoms with Gasteiger partial charge in [-0.3, -0.25) is 14.4 Å². The normalized spacial score (nSPS) is 22.9. The quantitative estimate of drug-likeness (QED) is 0.458. The van der Waals surface area contributed by atoms with Gasteiger partial charge in [0, 0.05) is 15.1 Å². The summed E-state index contributed by atoms with van der Waals surface area (Å²) in [6.45, 7) is 0. The molecule has 3 aromatic carbocycles. The first-order valence-electron chi connectivity index (χ1n) is 9.54. The molecule has 0 saturated carbocycles. The summed E-state index contributed by atoms with van der Waals surface area (Å²) in [5.41, 5.74) is 1.88. The van der Waals surface area contributed by atoms with Gasteiger partial charge in [-0.15, -0.1) is 0 Å². The second-order valence-electron chi connectivity index (χ2n) is 7.35. The van der Waals surface area contributed by atoms with Crippen molar-refractivity contribution in [3.05, 3.63) is 93.4 Å². The molecule has 3 atom stereocenters. The third-order valence-corrected chi connectivity index (χ3v) is 6.13. The lowest BCUT2D eigenvalue weighted by Crippen LogP contribution is -2.37. The van der Waals surface area contributed by atoms with Gasteiger partial charge in [-0.2, -0.15) is 0 Å². The fourth-order valence-corrected chi connectivity index (χ4v) is 4.78. The lowest BCUT2D eigenvalue weighted by molar-refractivity contribution is -0.126. The van der Waals surface area contributed by atoms with Crippen molar-refractivity contribution in [2.75, 3.05) is 9.96 Å². The van der Waals surface area contributed by atoms with Crippen LogP contribution in [0.3, 0.4) is 0 Å². The highest BCUT2D eigenvalue weighted by Crippen LogP contribution is 2.48. The zero-order chi connectivity index (χ0) is 21.7. The van der Waals surface area contributed by atoms with Crippen LogP contribution in [0.15, 0.2) is 72.8 Å². The van der Waals surface area contributed by atoms with E-state index in [9.17, 15) is 9.59 Å². The van der Waals surface area contributed by atoms with E-state index in [4.69, 9.17) is 39.6 Å². The van der Waals surface area contributed by atoms with E-state index in [0.717, 1.165) is 16.2 Å². The minimum absolute atomic E-state index is 0.326. The highest BCUT2D eigenvalue weighted by atomic mass is 35.5. The number of imide groups is 1. The number of hydroxylamine groups is 1. The number of rotatable bonds is 3. The Morgan fingerprint density at radius 3 is 2.00 bits per heavy atom. The molecule has 0 bridgehead atoms. The van der Waals surface area contributed by atoms with Crippen molar-refractivity contribution in [3.63, 3.8) is 0 Å². The third-order valence-electron chi connectivity index (χ3n) is 5.44. The number of nitrogens with zero attached hydrogens (tertiary/aromatic N) is 2. The summed E-state index contributed by atoms with van der Waals surface area (Å²) in [6, 6.07) is 20.7. The number of hydrogen-bond acceptors (Lipinski definition) is 4. The van der Waals surface area contributed by atoms with Crippen LogP contribution in [0.5, 0.6) is 0 Å². The van der Waals surface area contributed by atoms with Crippen molar-refractivity contribution in [3.8, 4) is 0 Å². The predicted octanol–water partition coefficient (Wildman–Crippen LogP) is 5.70. The topological polar surface area (TPSA) is 49.9 Å². The zero-order valence-corrected chi connectivity index (χ0v) is 18.2. The minimum Gasteiger partial charge on any atom is -0.273 e. The van der Waals surface area contributed by atoms with Gasteiger partial charge in [0.05, 0.1) is 17.4 Å². The van der Waals surface area contributed by atoms with Gasteiger partial charge in [0.25, 0.3) is 5.91 Å². The molecular formula is C23H15Cl3N2O3. The number of fused-ring (bicyclic) bond motifs is 1. The summed E-state index contributed by atoms with van der Waals surface area (Å²) in [4.78, 5) is 34.0. The molecule has 8 heteroatoms. The molecule has 0 aliphatic carbocycles. The average Bonchev–Trinajstić information content (AvgIpc) is 3.25. The highest BCUT2D eigenvalue weighted by Gasteiger charge is 2.60. The molecular weight excluding hydrogens is 459 g/mol. The van der Waals surface area contributed by atoms with Crippen LogP contribution in [0, 0.1) is 5.92 Å². The molecule has 156 valence electrons. The zero-order valence-electron chi connectivity index (χ0n) is 15.9. The van der Waals surface area contributed by atoms with Crippen LogP contribution < -0.4 is 9.96 Å². The van der Waals surface area contributed by atoms with E-state index in [2.05, 4.69) is 0 Å². The SMILES string of the molecule is O=C1[C@@H]2[C@@H](ON(c3ccccc3)[C@H]2c2ccc(Cl)cc2)C(=O)N1c1cc(Cl)cc(Cl)c1. The summed E-state index contributed by atoms with van der Waals surface area (Å²) in [7, 11) is 0. The number of anilines is 2. The molecule has 0 aromatic heterocycles. The maximum atomic E-state index is 13.5. The van der Waals surface area contributed by atoms with E-state index in [-0.39, 0.29) is 5.91 Å². The number of carbonyl (C=O) groups is 2. The fraction of sp³-hybridized carbons (Fsp3) is 0.130. The standard InChI is InChI=1S/C23H15Cl3N2O3/c24-14-8-6-13(7-9-14)20-19-21(31-28(20)17-4-2-1-3-5-17)23(30)27(22(19)29)18-11-15(25)10-16(26)12-18/h1-12,19-21H/t19-,20-,21+/m0/s1. The maximum absolute atomic E-state index is 13.5. The van der Waals surface area contributed by atoms with E-state index >= 15 is 0 Å². The Hall–Kier alpha value is -2.57. The molecule has 2 fully saturated rings. The van der Waals surface area contributed by atoms with Gasteiger partial charge in [-0.05, 0) is 48.0 Å². The van der Waals surface area contributed by atoms with Crippen LogP contribution in [0.2, 0.25) is 15.1 Å². The van der Waals surface area contributed by atoms with Crippen molar-refractivity contribution < 1.29 is 14.4 Å². The van der Waals surface area contributed by atoms with Crippen LogP contribution in [-0.2, 0) is 14.4 Å². The minimum atomic E-state index is -0.967. The third kappa shape index (κ3) is 3.48. The van der Waals surface area contributed by atoms with Crippen molar-refractivity contribution in [2.45, 2.75) is 12.1 Å². The summed E-state index contributed by atoms with van der Waals surface area (Å²) < 4.78 is 0. The maximum Gasteiger partial charge on any atom is 0.266 e. The Morgan fingerprint density at radius 1 is 0.710 bits per heavy atom. The van der Waals surface area contributed by atoms with Gasteiger partial charge in [-0.1, -0.05) is 65.1 Å². The smallest absolute Gasteiger partial charge is 0.266 e. The number of benzene rings is 3. The largest absolute Gasteiger partial charge is 0.273 e. The molecule has 2 aliphatic heterocycles. The number of amides is 2. The van der Waals surface area contributed by atoms with Gasteiger partial charge in [0.1, 0.15) is 5.92 Å². The lowest BCUT2D eigenvalue weighted by atomic mass is 9.90. The summed E-state index contributed by atoms with van der Waals surface area (Å²) >= 11 is 18.3. The van der Waals surface area contributed by atoms with E-state index < -0.39 is 24.0 Å². The molecule has 5 rings (SSSR count). The molecule has 2 amide bonds. The lowest BCUT2D eigenvalue weighted by Gasteiger charge is -2.28. The van der Waals surface area contributed by atoms with Gasteiger partial charge in [-0.25, -0.2) is 9.96 Å². The van der Waals surface area contributed by atoms with Crippen molar-refractivity contribution in [1.29, 1.82) is 0 Å². The Bertz CT molecular complexity index is 1150. The summed E-state index contributed by atoms with van der Waals surface area (Å²) in [6.07, 6.45) is -0.967. The number of carbonyl (C=O) groups excluding carboxylic acids is 2. The highest BCUT2D eigenvalue weighted by molar-refractivity contribution is 6.36. The summed E-state index contributed by atoms with van der Waals surface area (Å²) in [5.74, 6) is -1.57. The molecule has 31 heavy (non-hydrogen) atoms. The number of halogens is 3. The molecule has 3 aromatic rings. The van der Waals surface area contributed by atoms with Crippen LogP contribution in [-0.4, -0.2) is 17.9 Å². The van der Waals surface area contributed by atoms with Crippen molar-refractivity contribution in [1.82, 2.24) is 0 Å². The Kier molecular flexibility index (Phi) is 5.15. The van der Waals surface area contributed by atoms with Gasteiger partial charge in [0.15, 0.2) is 6.10 Å². The fourth-order valence-electron chi connectivity index (χ4n) is 4.13. The number of hydrogen-bond donors (Lipinski definition) is 0. The predicted molar refractivity (Wildman–Crippen MR) is 120 cm³/mol. The van der Waals surface area contributed by atoms with Crippen molar-refractivity contribution in [2.24, 2.45) is 5.92 Å². The van der Waals surface area contributed by atoms with Crippen LogP contribution in [0.25, 0.3) is 0 Å². The Balaban J connectivity index is 1.59. The van der Waals surface area contributed by atoms with Gasteiger partial charge in [0.2, 0.25) is 5.91 Å². The molecule has 2 saturated heterocycles. The first-order valence-corrected chi connectivity index (χ1v) is 10.7. The van der Waals surface area contributed by atoms with Gasteiger partial charge >= 0.3 is 0 Å². The average molecular weight is 474 g/mol. The molecule has 2 heterocycles. The molecule has 0 radical (unpaired) electrons. The second-order valence-corrected chi connectivity index (χ2v) is 8.66. The molecule has 0 unspecified atom stereocenters. The van der Waals surface area contributed by atoms with E-state index in [0.29, 0.717) is 20.8 Å². The van der Waals surface area contributed by atoms with Gasteiger partial charge < -0.3 is 0 Å². The van der Waals surface area contributed by atoms with E-state index in [1.807, 2.05) is 42.5 Å². The molecule has 5 nitrogen and oxygen atoms in total. The monoisotopic (exact) mass is 472 g/mol. The Morgan fingerprint density at radius 2 is 1.35 bits per heavy atom. The molecule has 0 spiro atoms. The van der Waals surface area contributed by atoms with Crippen LogP contribution >= 0.6 is 34.8 Å². The molecule has 0 N–H and O–H groups in total. The second kappa shape index (κ2) is 7.84. The van der Waals surface area contributed by atoms with Crippen LogP contribution in [0.1, 0.15) is 11.6 Å². The first kappa shape index (κ1) is 20.3. The Labute approximate surface area is 193 Å².